The van der Waals surface area contributed by atoms with E-state index in [0.29, 0.717) is 10.7 Å². The fourth-order valence-corrected chi connectivity index (χ4v) is 2.93. The molecule has 2 aromatic heterocycles. The largest absolute Gasteiger partial charge is 0.478 e. The minimum Gasteiger partial charge on any atom is -0.478 e. The van der Waals surface area contributed by atoms with Crippen LogP contribution in [0.3, 0.4) is 0 Å². The van der Waals surface area contributed by atoms with Gasteiger partial charge in [0.2, 0.25) is 0 Å². The summed E-state index contributed by atoms with van der Waals surface area (Å²) in [7, 11) is 0. The van der Waals surface area contributed by atoms with E-state index >= 15 is 0 Å². The highest BCUT2D eigenvalue weighted by Crippen LogP contribution is 2.27. The molecular weight excluding hydrogens is 370 g/mol. The van der Waals surface area contributed by atoms with E-state index in [2.05, 4.69) is 10.5 Å². The summed E-state index contributed by atoms with van der Waals surface area (Å²) in [6, 6.07) is 9.53. The molecule has 2 heterocycles. The number of nitrogens with zero attached hydrogens (tertiary/aromatic N) is 2. The van der Waals surface area contributed by atoms with Crippen LogP contribution < -0.4 is 5.43 Å². The molecule has 1 amide bonds. The summed E-state index contributed by atoms with van der Waals surface area (Å²) in [5, 5.41) is 13.6. The number of aryl methyl sites for hydroxylation is 1. The van der Waals surface area contributed by atoms with Crippen molar-refractivity contribution >= 4 is 29.7 Å². The molecule has 0 spiro atoms. The fourth-order valence-electron chi connectivity index (χ4n) is 2.73. The van der Waals surface area contributed by atoms with Crippen LogP contribution in [-0.2, 0) is 0 Å². The van der Waals surface area contributed by atoms with Gasteiger partial charge in [0.05, 0.1) is 28.8 Å². The predicted octanol–water partition coefficient (Wildman–Crippen LogP) is 3.80. The van der Waals surface area contributed by atoms with Crippen molar-refractivity contribution in [3.8, 4) is 5.69 Å². The Hall–Kier alpha value is -3.32. The topological polar surface area (TPSA) is 96.8 Å². The van der Waals surface area contributed by atoms with Crippen molar-refractivity contribution in [1.29, 1.82) is 0 Å². The van der Waals surface area contributed by atoms with Crippen LogP contribution in [0.25, 0.3) is 5.69 Å². The van der Waals surface area contributed by atoms with Gasteiger partial charge in [0, 0.05) is 17.0 Å². The van der Waals surface area contributed by atoms with Crippen LogP contribution in [0.4, 0.5) is 0 Å². The Morgan fingerprint density at radius 2 is 2.04 bits per heavy atom. The molecule has 2 N–H and O–H groups in total. The van der Waals surface area contributed by atoms with Crippen molar-refractivity contribution in [3.05, 3.63) is 76.0 Å². The normalized spacial score (nSPS) is 11.1. The smallest absolute Gasteiger partial charge is 0.335 e. The quantitative estimate of drug-likeness (QED) is 0.515. The first-order valence-electron chi connectivity index (χ1n) is 7.97. The lowest BCUT2D eigenvalue weighted by atomic mass is 10.2. The van der Waals surface area contributed by atoms with Crippen molar-refractivity contribution in [1.82, 2.24) is 9.99 Å². The lowest BCUT2D eigenvalue weighted by molar-refractivity contribution is 0.0696. The first kappa shape index (κ1) is 18.5. The number of carbonyl (C=O) groups is 2. The number of aromatic nitrogens is 1. The number of nitrogens with one attached hydrogen (secondary N) is 1. The zero-order valence-electron chi connectivity index (χ0n) is 14.6. The van der Waals surface area contributed by atoms with E-state index in [1.165, 1.54) is 30.7 Å². The van der Waals surface area contributed by atoms with Gasteiger partial charge >= 0.3 is 11.9 Å². The number of hydrazone groups is 1. The monoisotopic (exact) mass is 385 g/mol. The molecule has 0 atom stereocenters. The van der Waals surface area contributed by atoms with Crippen LogP contribution in [0.5, 0.6) is 0 Å². The summed E-state index contributed by atoms with van der Waals surface area (Å²) in [5.74, 6) is -1.32. The second kappa shape index (κ2) is 7.51. The van der Waals surface area contributed by atoms with Gasteiger partial charge in [0.15, 0.2) is 5.76 Å². The maximum absolute atomic E-state index is 11.8. The highest BCUT2D eigenvalue weighted by molar-refractivity contribution is 6.32. The molecule has 3 rings (SSSR count). The van der Waals surface area contributed by atoms with Gasteiger partial charge < -0.3 is 14.1 Å². The van der Waals surface area contributed by atoms with Crippen LogP contribution in [0.15, 0.2) is 52.2 Å². The van der Waals surface area contributed by atoms with E-state index in [9.17, 15) is 14.7 Å². The lowest BCUT2D eigenvalue weighted by Gasteiger charge is -2.12. The Balaban J connectivity index is 1.89. The average Bonchev–Trinajstić information content (AvgIpc) is 3.25. The first-order valence-corrected chi connectivity index (χ1v) is 8.35. The summed E-state index contributed by atoms with van der Waals surface area (Å²) >= 11 is 6.28. The minimum absolute atomic E-state index is 0.142. The number of halogens is 1. The number of hydrogen-bond donors (Lipinski definition) is 2. The third kappa shape index (κ3) is 3.78. The molecule has 0 saturated heterocycles. The molecule has 0 unspecified atom stereocenters. The van der Waals surface area contributed by atoms with E-state index in [-0.39, 0.29) is 11.3 Å². The van der Waals surface area contributed by atoms with E-state index in [1.807, 2.05) is 24.5 Å². The second-order valence-corrected chi connectivity index (χ2v) is 6.22. The van der Waals surface area contributed by atoms with E-state index in [0.717, 1.165) is 17.0 Å². The molecule has 1 aromatic carbocycles. The zero-order valence-corrected chi connectivity index (χ0v) is 15.3. The Labute approximate surface area is 159 Å². The predicted molar refractivity (Wildman–Crippen MR) is 101 cm³/mol. The second-order valence-electron chi connectivity index (χ2n) is 5.81. The van der Waals surface area contributed by atoms with E-state index in [4.69, 9.17) is 16.0 Å². The molecule has 0 saturated carbocycles. The zero-order chi connectivity index (χ0) is 19.6. The van der Waals surface area contributed by atoms with Crippen molar-refractivity contribution in [2.24, 2.45) is 5.10 Å². The van der Waals surface area contributed by atoms with Crippen molar-refractivity contribution in [2.45, 2.75) is 13.8 Å². The molecule has 7 nitrogen and oxygen atoms in total. The molecule has 3 aromatic rings. The first-order chi connectivity index (χ1) is 12.9. The fraction of sp³-hybridized carbons (Fsp3) is 0.105. The number of carboxylic acid groups (broad SMARTS) is 1. The molecule has 0 aliphatic heterocycles. The Bertz CT molecular complexity index is 1040. The molecule has 138 valence electrons. The summed E-state index contributed by atoms with van der Waals surface area (Å²) < 4.78 is 6.83. The molecule has 0 fully saturated rings. The number of carbonyl (C=O) groups excluding carboxylic acids is 1. The van der Waals surface area contributed by atoms with E-state index in [1.54, 1.807) is 12.1 Å². The van der Waals surface area contributed by atoms with Crippen molar-refractivity contribution < 1.29 is 19.1 Å². The van der Waals surface area contributed by atoms with Gasteiger partial charge in [0.1, 0.15) is 0 Å². The summed E-state index contributed by atoms with van der Waals surface area (Å²) in [5.41, 5.74) is 5.49. The van der Waals surface area contributed by atoms with Crippen LogP contribution in [0.2, 0.25) is 5.02 Å². The number of carboxylic acids is 1. The lowest BCUT2D eigenvalue weighted by Crippen LogP contribution is -2.16. The molecule has 0 aliphatic rings. The van der Waals surface area contributed by atoms with Crippen molar-refractivity contribution in [2.75, 3.05) is 0 Å². The highest BCUT2D eigenvalue weighted by Gasteiger charge is 2.15. The summed E-state index contributed by atoms with van der Waals surface area (Å²) in [6.45, 7) is 3.72. The molecule has 0 radical (unpaired) electrons. The van der Waals surface area contributed by atoms with Gasteiger partial charge in [-0.2, -0.15) is 5.10 Å². The Morgan fingerprint density at radius 3 is 2.70 bits per heavy atom. The Morgan fingerprint density at radius 1 is 1.26 bits per heavy atom. The molecular formula is C19H16ClN3O4. The van der Waals surface area contributed by atoms with Crippen LogP contribution in [-0.4, -0.2) is 27.8 Å². The minimum atomic E-state index is -1.03. The average molecular weight is 386 g/mol. The van der Waals surface area contributed by atoms with Crippen LogP contribution in [0, 0.1) is 13.8 Å². The maximum atomic E-state index is 11.8. The molecule has 0 bridgehead atoms. The Kier molecular flexibility index (Phi) is 5.14. The van der Waals surface area contributed by atoms with Gasteiger partial charge in [-0.3, -0.25) is 4.79 Å². The number of hydrogen-bond acceptors (Lipinski definition) is 4. The molecule has 0 aliphatic carbocycles. The van der Waals surface area contributed by atoms with Crippen LogP contribution >= 0.6 is 11.6 Å². The molecule has 8 heteroatoms. The third-order valence-electron chi connectivity index (χ3n) is 4.02. The van der Waals surface area contributed by atoms with Gasteiger partial charge in [0.25, 0.3) is 0 Å². The maximum Gasteiger partial charge on any atom is 0.335 e. The highest BCUT2D eigenvalue weighted by atomic mass is 35.5. The summed E-state index contributed by atoms with van der Waals surface area (Å²) in [6.07, 6.45) is 2.91. The molecule has 27 heavy (non-hydrogen) atoms. The van der Waals surface area contributed by atoms with Gasteiger partial charge in [-0.05, 0) is 50.2 Å². The third-order valence-corrected chi connectivity index (χ3v) is 4.34. The summed E-state index contributed by atoms with van der Waals surface area (Å²) in [4.78, 5) is 23.1. The van der Waals surface area contributed by atoms with Gasteiger partial charge in [-0.15, -0.1) is 0 Å². The number of rotatable bonds is 5. The number of amides is 1. The van der Waals surface area contributed by atoms with Gasteiger partial charge in [-0.25, -0.2) is 10.2 Å². The standard InChI is InChI=1S/C19H16ClN3O4/c1-11-8-14(10-21-22-18(24)17-4-3-7-27-17)12(2)23(11)16-9-13(19(25)26)5-6-15(16)20/h3-10H,1-2H3,(H,22,24)(H,25,26)/b21-10-. The van der Waals surface area contributed by atoms with Crippen molar-refractivity contribution in [3.63, 3.8) is 0 Å². The van der Waals surface area contributed by atoms with Gasteiger partial charge in [-0.1, -0.05) is 11.6 Å². The number of benzene rings is 1. The van der Waals surface area contributed by atoms with E-state index < -0.39 is 11.9 Å². The SMILES string of the molecule is Cc1cc(/C=N\NC(=O)c2ccco2)c(C)n1-c1cc(C(=O)O)ccc1Cl. The number of aromatic carboxylic acids is 1. The van der Waals surface area contributed by atoms with Crippen LogP contribution in [0.1, 0.15) is 37.9 Å². The number of furan rings is 1.